The van der Waals surface area contributed by atoms with Crippen molar-refractivity contribution in [3.63, 3.8) is 0 Å². The summed E-state index contributed by atoms with van der Waals surface area (Å²) in [5.41, 5.74) is 2.92. The van der Waals surface area contributed by atoms with Crippen LogP contribution < -0.4 is 4.90 Å². The normalized spacial score (nSPS) is 14.4. The zero-order chi connectivity index (χ0) is 17.4. The number of anilines is 1. The van der Waals surface area contributed by atoms with Crippen LogP contribution in [-0.4, -0.2) is 27.6 Å². The van der Waals surface area contributed by atoms with Gasteiger partial charge in [0.05, 0.1) is 17.8 Å². The molecule has 0 saturated carbocycles. The molecule has 3 aromatic rings. The number of nitrogens with one attached hydrogen (secondary N) is 1. The van der Waals surface area contributed by atoms with E-state index < -0.39 is 0 Å². The first-order chi connectivity index (χ1) is 12.1. The lowest BCUT2D eigenvalue weighted by atomic mass is 10.2. The molecule has 0 spiro atoms. The van der Waals surface area contributed by atoms with Gasteiger partial charge in [-0.3, -0.25) is 5.41 Å². The monoisotopic (exact) mass is 349 g/mol. The first-order valence-electron chi connectivity index (χ1n) is 7.72. The van der Waals surface area contributed by atoms with E-state index in [4.69, 9.17) is 5.41 Å². The predicted octanol–water partition coefficient (Wildman–Crippen LogP) is 4.28. The second-order valence-corrected chi connectivity index (χ2v) is 6.54. The van der Waals surface area contributed by atoms with E-state index in [0.29, 0.717) is 16.3 Å². The summed E-state index contributed by atoms with van der Waals surface area (Å²) in [4.78, 5) is 6.24. The fourth-order valence-corrected chi connectivity index (χ4v) is 3.71. The molecule has 0 atom stereocenters. The number of phenols is 1. The Morgan fingerprint density at radius 3 is 2.60 bits per heavy atom. The van der Waals surface area contributed by atoms with Crippen LogP contribution in [0.4, 0.5) is 5.69 Å². The van der Waals surface area contributed by atoms with E-state index in [1.165, 1.54) is 11.3 Å². The lowest BCUT2D eigenvalue weighted by Crippen LogP contribution is -2.25. The number of thiazole rings is 1. The van der Waals surface area contributed by atoms with Crippen LogP contribution in [0.5, 0.6) is 5.75 Å². The van der Waals surface area contributed by atoms with Crippen LogP contribution in [-0.2, 0) is 0 Å². The first-order valence-corrected chi connectivity index (χ1v) is 8.60. The van der Waals surface area contributed by atoms with Gasteiger partial charge in [-0.1, -0.05) is 36.4 Å². The second kappa shape index (κ2) is 6.07. The molecule has 2 aromatic carbocycles. The quantitative estimate of drug-likeness (QED) is 0.659. The van der Waals surface area contributed by atoms with Crippen molar-refractivity contribution in [2.24, 2.45) is 0 Å². The highest BCUT2D eigenvalue weighted by atomic mass is 32.1. The van der Waals surface area contributed by atoms with Gasteiger partial charge in [-0.2, -0.15) is 0 Å². The van der Waals surface area contributed by atoms with Crippen molar-refractivity contribution in [2.45, 2.75) is 0 Å². The van der Waals surface area contributed by atoms with Gasteiger partial charge >= 0.3 is 0 Å². The molecular weight excluding hydrogens is 334 g/mol. The van der Waals surface area contributed by atoms with E-state index in [2.05, 4.69) is 4.98 Å². The van der Waals surface area contributed by atoms with E-state index in [1.54, 1.807) is 29.2 Å². The smallest absolute Gasteiger partial charge is 0.139 e. The van der Waals surface area contributed by atoms with Crippen molar-refractivity contribution in [3.05, 3.63) is 70.7 Å². The second-order valence-electron chi connectivity index (χ2n) is 5.68. The number of aromatic hydroxyl groups is 1. The maximum absolute atomic E-state index is 10.4. The molecule has 0 aliphatic carbocycles. The Labute approximate surface area is 148 Å². The number of aromatic nitrogens is 1. The van der Waals surface area contributed by atoms with Crippen LogP contribution in [0.3, 0.4) is 0 Å². The van der Waals surface area contributed by atoms with Crippen LogP contribution >= 0.6 is 11.3 Å². The van der Waals surface area contributed by atoms with Gasteiger partial charge in [-0.25, -0.2) is 4.98 Å². The third-order valence-electron chi connectivity index (χ3n) is 4.03. The summed E-state index contributed by atoms with van der Waals surface area (Å²) in [6.45, 7) is 0.192. The Hall–Kier alpha value is -3.12. The lowest BCUT2D eigenvalue weighted by Gasteiger charge is -2.18. The Kier molecular flexibility index (Phi) is 3.74. The molecule has 0 amide bonds. The third kappa shape index (κ3) is 2.77. The number of aliphatic hydroxyl groups excluding tert-OH is 1. The Balaban J connectivity index is 1.66. The minimum atomic E-state index is 0.113. The fourth-order valence-electron chi connectivity index (χ4n) is 2.82. The number of phenolic OH excluding ortho intramolecular Hbond substituents is 1. The maximum Gasteiger partial charge on any atom is 0.139 e. The van der Waals surface area contributed by atoms with Gasteiger partial charge in [0.2, 0.25) is 0 Å². The van der Waals surface area contributed by atoms with Gasteiger partial charge in [0.25, 0.3) is 0 Å². The van der Waals surface area contributed by atoms with E-state index >= 15 is 0 Å². The molecule has 3 N–H and O–H groups in total. The molecule has 0 radical (unpaired) electrons. The molecule has 2 heterocycles. The van der Waals surface area contributed by atoms with Gasteiger partial charge in [-0.15, -0.1) is 11.3 Å². The van der Waals surface area contributed by atoms with Crippen molar-refractivity contribution in [2.75, 3.05) is 11.4 Å². The lowest BCUT2D eigenvalue weighted by molar-refractivity contribution is 0.411. The molecule has 0 unspecified atom stereocenters. The van der Waals surface area contributed by atoms with Crippen LogP contribution in [0.25, 0.3) is 16.8 Å². The van der Waals surface area contributed by atoms with Crippen LogP contribution in [0.2, 0.25) is 0 Å². The molecule has 1 aliphatic rings. The van der Waals surface area contributed by atoms with Gasteiger partial charge in [-0.05, 0) is 12.1 Å². The van der Waals surface area contributed by atoms with Crippen LogP contribution in [0.1, 0.15) is 5.01 Å². The summed E-state index contributed by atoms with van der Waals surface area (Å²) in [6.07, 6.45) is 0. The highest BCUT2D eigenvalue weighted by molar-refractivity contribution is 7.11. The zero-order valence-corrected chi connectivity index (χ0v) is 14.0. The highest BCUT2D eigenvalue weighted by Gasteiger charge is 2.31. The molecule has 124 valence electrons. The average molecular weight is 349 g/mol. The summed E-state index contributed by atoms with van der Waals surface area (Å²) in [7, 11) is 0. The van der Waals surface area contributed by atoms with E-state index in [1.807, 2.05) is 35.7 Å². The average Bonchev–Trinajstić information content (AvgIpc) is 3.20. The maximum atomic E-state index is 10.4. The Morgan fingerprint density at radius 1 is 1.04 bits per heavy atom. The van der Waals surface area contributed by atoms with Crippen LogP contribution in [0, 0.1) is 5.41 Å². The summed E-state index contributed by atoms with van der Waals surface area (Å²) < 4.78 is 0. The minimum absolute atomic E-state index is 0.113. The van der Waals surface area contributed by atoms with Crippen molar-refractivity contribution in [1.82, 2.24) is 4.98 Å². The van der Waals surface area contributed by atoms with Gasteiger partial charge < -0.3 is 15.1 Å². The summed E-state index contributed by atoms with van der Waals surface area (Å²) in [5, 5.41) is 31.0. The summed E-state index contributed by atoms with van der Waals surface area (Å²) >= 11 is 1.40. The third-order valence-corrected chi connectivity index (χ3v) is 4.89. The first kappa shape index (κ1) is 15.4. The zero-order valence-electron chi connectivity index (χ0n) is 13.2. The fraction of sp³-hybridized carbons (Fsp3) is 0.0526. The molecule has 0 bridgehead atoms. The molecular formula is C19H15N3O2S. The molecule has 0 fully saturated rings. The van der Waals surface area contributed by atoms with E-state index in [0.717, 1.165) is 11.3 Å². The molecule has 1 aromatic heterocycles. The number of hydrogen-bond donors (Lipinski definition) is 3. The Morgan fingerprint density at radius 2 is 1.84 bits per heavy atom. The van der Waals surface area contributed by atoms with Crippen LogP contribution in [0.15, 0.2) is 65.7 Å². The molecule has 6 heteroatoms. The topological polar surface area (TPSA) is 80.4 Å². The van der Waals surface area contributed by atoms with Gasteiger partial charge in [0.1, 0.15) is 22.4 Å². The molecule has 1 aliphatic heterocycles. The van der Waals surface area contributed by atoms with E-state index in [9.17, 15) is 10.2 Å². The number of amidine groups is 1. The molecule has 25 heavy (non-hydrogen) atoms. The van der Waals surface area contributed by atoms with Crippen molar-refractivity contribution >= 4 is 28.4 Å². The summed E-state index contributed by atoms with van der Waals surface area (Å²) in [5.74, 6) is 0.415. The predicted molar refractivity (Wildman–Crippen MR) is 100 cm³/mol. The van der Waals surface area contributed by atoms with Gasteiger partial charge in [0, 0.05) is 22.7 Å². The van der Waals surface area contributed by atoms with E-state index in [-0.39, 0.29) is 23.9 Å². The molecule has 5 nitrogen and oxygen atoms in total. The largest absolute Gasteiger partial charge is 0.510 e. The molecule has 4 rings (SSSR count). The molecule has 0 saturated heterocycles. The number of hydrogen-bond acceptors (Lipinski definition) is 5. The van der Waals surface area contributed by atoms with Gasteiger partial charge in [0.15, 0.2) is 0 Å². The van der Waals surface area contributed by atoms with Crippen molar-refractivity contribution in [3.8, 4) is 17.0 Å². The highest BCUT2D eigenvalue weighted by Crippen LogP contribution is 2.35. The summed E-state index contributed by atoms with van der Waals surface area (Å²) in [6, 6.07) is 16.5. The number of nitrogens with zero attached hydrogens (tertiary/aromatic N) is 2. The van der Waals surface area contributed by atoms with Crippen molar-refractivity contribution in [1.29, 1.82) is 5.41 Å². The minimum Gasteiger partial charge on any atom is -0.510 e. The van der Waals surface area contributed by atoms with Crippen molar-refractivity contribution < 1.29 is 10.2 Å². The number of rotatable bonds is 3. The standard InChI is InChI=1S/C19H15N3O2S/c20-18-17(16(24)10-22(18)13-7-4-8-14(23)9-13)19-21-15(11-25-19)12-5-2-1-3-6-12/h1-9,11,20,23-24H,10H2. The Bertz CT molecular complexity index is 979. The number of aliphatic hydroxyl groups is 1. The SMILES string of the molecule is N=C1C(c2nc(-c3ccccc3)cs2)=C(O)CN1c1cccc(O)c1. The number of benzene rings is 2.